The van der Waals surface area contributed by atoms with E-state index in [1.165, 1.54) is 4.90 Å². The van der Waals surface area contributed by atoms with Crippen molar-refractivity contribution in [1.82, 2.24) is 15.1 Å². The molecule has 2 saturated heterocycles. The second kappa shape index (κ2) is 11.6. The van der Waals surface area contributed by atoms with Gasteiger partial charge in [0.2, 0.25) is 17.7 Å². The molecule has 7 atom stereocenters. The molecule has 4 heterocycles. The second-order valence-electron chi connectivity index (χ2n) is 11.1. The van der Waals surface area contributed by atoms with Crippen molar-refractivity contribution in [2.45, 2.75) is 83.3 Å². The number of unbranched alkanes of at least 4 members (excludes halogenated alkanes) is 1. The predicted octanol–water partition coefficient (Wildman–Crippen LogP) is 1.18. The fourth-order valence-corrected chi connectivity index (χ4v) is 6.15. The van der Waals surface area contributed by atoms with Gasteiger partial charge >= 0.3 is 5.97 Å². The number of aliphatic hydroxyl groups excluding tert-OH is 1. The number of esters is 1. The summed E-state index contributed by atoms with van der Waals surface area (Å²) in [6, 6.07) is -1.63. The number of nitrogens with zero attached hydrogens (tertiary/aromatic N) is 2. The van der Waals surface area contributed by atoms with Crippen LogP contribution >= 0.6 is 0 Å². The molecule has 38 heavy (non-hydrogen) atoms. The van der Waals surface area contributed by atoms with Crippen molar-refractivity contribution in [3.05, 3.63) is 24.3 Å². The molecule has 5 bridgehead atoms. The van der Waals surface area contributed by atoms with Crippen LogP contribution in [-0.4, -0.2) is 94.7 Å². The fourth-order valence-electron chi connectivity index (χ4n) is 6.15. The molecule has 4 aliphatic rings. The van der Waals surface area contributed by atoms with E-state index in [-0.39, 0.29) is 43.2 Å². The van der Waals surface area contributed by atoms with E-state index in [0.29, 0.717) is 19.5 Å². The monoisotopic (exact) mass is 531 g/mol. The minimum absolute atomic E-state index is 0.133. The molecule has 0 aromatic rings. The molecule has 2 N–H and O–H groups in total. The molecule has 10 nitrogen and oxygen atoms in total. The Kier molecular flexibility index (Phi) is 8.62. The number of cyclic esters (lactones) is 1. The number of rotatable bonds is 6. The molecule has 4 aliphatic heterocycles. The van der Waals surface area contributed by atoms with Crippen LogP contribution in [0.15, 0.2) is 24.3 Å². The summed E-state index contributed by atoms with van der Waals surface area (Å²) in [6.07, 6.45) is 8.43. The summed E-state index contributed by atoms with van der Waals surface area (Å²) in [5.74, 6) is -3.38. The lowest BCUT2D eigenvalue weighted by Crippen LogP contribution is -2.59. The van der Waals surface area contributed by atoms with Gasteiger partial charge in [0.1, 0.15) is 23.7 Å². The molecule has 0 unspecified atom stereocenters. The molecule has 210 valence electrons. The maximum atomic E-state index is 14.3. The molecule has 0 aromatic heterocycles. The van der Waals surface area contributed by atoms with Gasteiger partial charge < -0.3 is 29.7 Å². The van der Waals surface area contributed by atoms with Crippen molar-refractivity contribution in [2.75, 3.05) is 26.2 Å². The maximum absolute atomic E-state index is 14.3. The van der Waals surface area contributed by atoms with Gasteiger partial charge in [-0.15, -0.1) is 0 Å². The number of fused-ring (bicyclic) bond motifs is 2. The molecule has 0 aliphatic carbocycles. The predicted molar refractivity (Wildman–Crippen MR) is 138 cm³/mol. The number of ether oxygens (including phenoxy) is 2. The van der Waals surface area contributed by atoms with Crippen molar-refractivity contribution >= 4 is 23.7 Å². The summed E-state index contributed by atoms with van der Waals surface area (Å²) in [6.45, 7) is 8.17. The zero-order valence-corrected chi connectivity index (χ0v) is 22.8. The standard InChI is InChI=1S/C28H41N3O7/c1-5-6-13-30-14-9-7-8-10-21(33)29-15-18(4)37-27(36)22-20-11-12-28(38-20)23(22)25(34)31(24(28)26(30)35)19(16-32)17(2)3/h7,9,11-12,17-20,22-24,32H,5-6,8,10,13-16H2,1-4H3,(H,29,33)/b9-7-/t18-,19+,20+,22-,23-,24+,28-/m1/s1. The minimum atomic E-state index is -1.32. The highest BCUT2D eigenvalue weighted by atomic mass is 16.6. The zero-order chi connectivity index (χ0) is 27.6. The highest BCUT2D eigenvalue weighted by Crippen LogP contribution is 2.56. The van der Waals surface area contributed by atoms with Gasteiger partial charge in [0.05, 0.1) is 31.2 Å². The first-order valence-corrected chi connectivity index (χ1v) is 13.9. The lowest BCUT2D eigenvalue weighted by atomic mass is 9.74. The van der Waals surface area contributed by atoms with Crippen molar-refractivity contribution in [3.8, 4) is 0 Å². The Labute approximate surface area is 224 Å². The second-order valence-corrected chi connectivity index (χ2v) is 11.1. The van der Waals surface area contributed by atoms with Gasteiger partial charge in [-0.1, -0.05) is 51.5 Å². The topological polar surface area (TPSA) is 125 Å². The van der Waals surface area contributed by atoms with Gasteiger partial charge in [0, 0.05) is 19.5 Å². The Bertz CT molecular complexity index is 995. The van der Waals surface area contributed by atoms with E-state index in [4.69, 9.17) is 9.47 Å². The van der Waals surface area contributed by atoms with Crippen LogP contribution in [0.3, 0.4) is 0 Å². The van der Waals surface area contributed by atoms with Gasteiger partial charge in [0.25, 0.3) is 0 Å². The van der Waals surface area contributed by atoms with Crippen molar-refractivity contribution in [3.63, 3.8) is 0 Å². The highest BCUT2D eigenvalue weighted by molar-refractivity contribution is 5.99. The lowest BCUT2D eigenvalue weighted by molar-refractivity contribution is -0.159. The Hall–Kier alpha value is -2.72. The smallest absolute Gasteiger partial charge is 0.313 e. The summed E-state index contributed by atoms with van der Waals surface area (Å²) >= 11 is 0. The summed E-state index contributed by atoms with van der Waals surface area (Å²) < 4.78 is 12.1. The zero-order valence-electron chi connectivity index (χ0n) is 22.8. The first kappa shape index (κ1) is 28.3. The number of likely N-dealkylation sites (tertiary alicyclic amines) is 1. The van der Waals surface area contributed by atoms with Crippen LogP contribution in [0.4, 0.5) is 0 Å². The van der Waals surface area contributed by atoms with E-state index in [1.807, 2.05) is 32.9 Å². The van der Waals surface area contributed by atoms with Gasteiger partial charge in [-0.25, -0.2) is 0 Å². The van der Waals surface area contributed by atoms with Crippen LogP contribution in [0.2, 0.25) is 0 Å². The Morgan fingerprint density at radius 1 is 1.18 bits per heavy atom. The third-order valence-electron chi connectivity index (χ3n) is 8.16. The third-order valence-corrected chi connectivity index (χ3v) is 8.16. The highest BCUT2D eigenvalue weighted by Gasteiger charge is 2.74. The van der Waals surface area contributed by atoms with E-state index >= 15 is 0 Å². The van der Waals surface area contributed by atoms with Crippen molar-refractivity contribution in [2.24, 2.45) is 17.8 Å². The Morgan fingerprint density at radius 2 is 1.95 bits per heavy atom. The summed E-state index contributed by atoms with van der Waals surface area (Å²) in [5.41, 5.74) is -1.32. The summed E-state index contributed by atoms with van der Waals surface area (Å²) in [4.78, 5) is 57.3. The molecule has 0 radical (unpaired) electrons. The molecule has 0 saturated carbocycles. The Balaban J connectivity index is 1.79. The minimum Gasteiger partial charge on any atom is -0.460 e. The van der Waals surface area contributed by atoms with Crippen LogP contribution in [0.1, 0.15) is 53.4 Å². The molecule has 2 fully saturated rings. The largest absolute Gasteiger partial charge is 0.460 e. The van der Waals surface area contributed by atoms with Crippen LogP contribution in [0.5, 0.6) is 0 Å². The molecule has 0 aromatic carbocycles. The van der Waals surface area contributed by atoms with Crippen LogP contribution in [-0.2, 0) is 28.7 Å². The molecular weight excluding hydrogens is 490 g/mol. The number of allylic oxidation sites excluding steroid dienone is 1. The van der Waals surface area contributed by atoms with Gasteiger partial charge in [-0.3, -0.25) is 19.2 Å². The number of aliphatic hydroxyl groups is 1. The van der Waals surface area contributed by atoms with Gasteiger partial charge in [-0.05, 0) is 25.7 Å². The van der Waals surface area contributed by atoms with E-state index in [0.717, 1.165) is 12.8 Å². The van der Waals surface area contributed by atoms with E-state index in [2.05, 4.69) is 5.32 Å². The van der Waals surface area contributed by atoms with E-state index in [9.17, 15) is 24.3 Å². The van der Waals surface area contributed by atoms with Gasteiger partial charge in [0.15, 0.2) is 0 Å². The number of amides is 3. The summed E-state index contributed by atoms with van der Waals surface area (Å²) in [7, 11) is 0. The number of hydrogen-bond acceptors (Lipinski definition) is 7. The quantitative estimate of drug-likeness (QED) is 0.389. The van der Waals surface area contributed by atoms with Crippen LogP contribution in [0, 0.1) is 17.8 Å². The van der Waals surface area contributed by atoms with Crippen molar-refractivity contribution < 1.29 is 33.8 Å². The fraction of sp³-hybridized carbons (Fsp3) is 0.714. The number of carbonyl (C=O) groups excluding carboxylic acids is 4. The van der Waals surface area contributed by atoms with E-state index in [1.54, 1.807) is 24.0 Å². The average Bonchev–Trinajstić information content (AvgIpc) is 3.51. The number of nitrogens with one attached hydrogen (secondary N) is 1. The SMILES string of the molecule is CCCCN1C/C=C\CCC(=O)NC[C@@H](C)OC(=O)[C@@H]2[C@@H]3C=C[C@]4(O3)[C@H](C1=O)N([C@@H](CO)C(C)C)C(=O)[C@@H]24. The molecule has 3 amide bonds. The first-order valence-electron chi connectivity index (χ1n) is 13.9. The molecule has 1 spiro atoms. The van der Waals surface area contributed by atoms with Crippen LogP contribution in [0.25, 0.3) is 0 Å². The first-order chi connectivity index (χ1) is 18.2. The number of carbonyl (C=O) groups is 4. The lowest BCUT2D eigenvalue weighted by Gasteiger charge is -2.40. The van der Waals surface area contributed by atoms with Crippen LogP contribution < -0.4 is 5.32 Å². The summed E-state index contributed by atoms with van der Waals surface area (Å²) in [5, 5.41) is 13.1. The number of hydrogen-bond donors (Lipinski definition) is 2. The molecular formula is C28H41N3O7. The molecule has 4 rings (SSSR count). The maximum Gasteiger partial charge on any atom is 0.313 e. The van der Waals surface area contributed by atoms with E-state index < -0.39 is 47.7 Å². The molecule has 10 heteroatoms. The van der Waals surface area contributed by atoms with Crippen molar-refractivity contribution in [1.29, 1.82) is 0 Å². The Morgan fingerprint density at radius 3 is 2.63 bits per heavy atom. The normalized spacial score (nSPS) is 35.5. The van der Waals surface area contributed by atoms with Gasteiger partial charge in [-0.2, -0.15) is 0 Å². The third kappa shape index (κ3) is 5.00. The average molecular weight is 532 g/mol.